The van der Waals surface area contributed by atoms with Gasteiger partial charge in [-0.3, -0.25) is 19.5 Å². The number of nitro benzene ring substituents is 1. The van der Waals surface area contributed by atoms with Crippen LogP contribution in [0.25, 0.3) is 28.0 Å². The topological polar surface area (TPSA) is 117 Å². The maximum atomic E-state index is 14.6. The maximum Gasteiger partial charge on any atom is 0.269 e. The van der Waals surface area contributed by atoms with Crippen LogP contribution in [0.15, 0.2) is 81.1 Å². The van der Waals surface area contributed by atoms with Gasteiger partial charge in [0, 0.05) is 23.8 Å². The summed E-state index contributed by atoms with van der Waals surface area (Å²) in [6.07, 6.45) is 0. The van der Waals surface area contributed by atoms with Gasteiger partial charge in [-0.15, -0.1) is 10.2 Å². The van der Waals surface area contributed by atoms with E-state index in [-0.39, 0.29) is 39.5 Å². The Morgan fingerprint density at radius 1 is 1.03 bits per heavy atom. The quantitative estimate of drug-likeness (QED) is 0.142. The fourth-order valence-electron chi connectivity index (χ4n) is 3.36. The van der Waals surface area contributed by atoms with Gasteiger partial charge in [0.2, 0.25) is 11.8 Å². The highest BCUT2D eigenvalue weighted by Crippen LogP contribution is 2.27. The summed E-state index contributed by atoms with van der Waals surface area (Å²) in [6, 6.07) is 15.2. The highest BCUT2D eigenvalue weighted by atomic mass is 32.2. The van der Waals surface area contributed by atoms with Crippen LogP contribution in [-0.4, -0.2) is 24.7 Å². The van der Waals surface area contributed by atoms with Crippen molar-refractivity contribution in [1.29, 1.82) is 0 Å². The molecule has 2 heterocycles. The first-order valence-electron chi connectivity index (χ1n) is 10.1. The van der Waals surface area contributed by atoms with Gasteiger partial charge in [0.1, 0.15) is 11.6 Å². The van der Waals surface area contributed by atoms with Crippen LogP contribution in [-0.2, 0) is 5.75 Å². The van der Waals surface area contributed by atoms with Gasteiger partial charge in [-0.05, 0) is 36.4 Å². The first-order valence-corrected chi connectivity index (χ1v) is 11.1. The van der Waals surface area contributed by atoms with Crippen LogP contribution < -0.4 is 5.56 Å². The van der Waals surface area contributed by atoms with E-state index in [4.69, 9.17) is 4.42 Å². The highest BCUT2D eigenvalue weighted by molar-refractivity contribution is 7.98. The summed E-state index contributed by atoms with van der Waals surface area (Å²) >= 11 is 1.06. The summed E-state index contributed by atoms with van der Waals surface area (Å²) < 4.78 is 34.8. The average molecular weight is 493 g/mol. The summed E-state index contributed by atoms with van der Waals surface area (Å²) in [5.74, 6) is -1.25. The Labute approximate surface area is 199 Å². The number of fused-ring (bicyclic) bond motifs is 1. The van der Waals surface area contributed by atoms with Crippen LogP contribution in [0.2, 0.25) is 0 Å². The minimum absolute atomic E-state index is 0.0718. The van der Waals surface area contributed by atoms with Crippen LogP contribution >= 0.6 is 11.8 Å². The van der Waals surface area contributed by atoms with Gasteiger partial charge in [-0.2, -0.15) is 0 Å². The number of nitrogens with zero attached hydrogens (tertiary/aromatic N) is 5. The molecule has 3 aromatic carbocycles. The van der Waals surface area contributed by atoms with Crippen LogP contribution in [0.3, 0.4) is 0 Å². The summed E-state index contributed by atoms with van der Waals surface area (Å²) in [6.45, 7) is 0. The molecule has 0 unspecified atom stereocenters. The fraction of sp³-hybridized carbons (Fsp3) is 0.0435. The molecule has 5 rings (SSSR count). The molecule has 0 amide bonds. The molecule has 0 saturated heterocycles. The van der Waals surface area contributed by atoms with Crippen molar-refractivity contribution in [3.05, 3.63) is 105 Å². The molecule has 174 valence electrons. The number of hydrogen-bond donors (Lipinski definition) is 0. The lowest BCUT2D eigenvalue weighted by molar-refractivity contribution is -0.384. The zero-order valence-corrected chi connectivity index (χ0v) is 18.4. The highest BCUT2D eigenvalue weighted by Gasteiger charge is 2.18. The summed E-state index contributed by atoms with van der Waals surface area (Å²) in [5, 5.41) is 19.2. The zero-order valence-electron chi connectivity index (χ0n) is 17.6. The molecule has 0 atom stereocenters. The van der Waals surface area contributed by atoms with E-state index in [0.29, 0.717) is 17.1 Å². The van der Waals surface area contributed by atoms with Crippen molar-refractivity contribution in [2.75, 3.05) is 0 Å². The third-order valence-corrected chi connectivity index (χ3v) is 5.94. The van der Waals surface area contributed by atoms with E-state index in [9.17, 15) is 23.7 Å². The smallest absolute Gasteiger partial charge is 0.269 e. The lowest BCUT2D eigenvalue weighted by Gasteiger charge is -2.13. The average Bonchev–Trinajstić information content (AvgIpc) is 3.33. The lowest BCUT2D eigenvalue weighted by Crippen LogP contribution is -2.22. The molecule has 0 radical (unpaired) electrons. The molecule has 0 aliphatic carbocycles. The molecule has 0 fully saturated rings. The van der Waals surface area contributed by atoms with E-state index >= 15 is 0 Å². The normalized spacial score (nSPS) is 11.1. The van der Waals surface area contributed by atoms with Crippen molar-refractivity contribution < 1.29 is 18.1 Å². The Balaban J connectivity index is 1.49. The van der Waals surface area contributed by atoms with E-state index in [1.807, 2.05) is 0 Å². The third kappa shape index (κ3) is 4.38. The number of aromatic nitrogens is 4. The molecule has 0 aliphatic rings. The van der Waals surface area contributed by atoms with Crippen LogP contribution in [0.5, 0.6) is 0 Å². The number of benzene rings is 3. The Kier molecular flexibility index (Phi) is 5.79. The van der Waals surface area contributed by atoms with Crippen LogP contribution in [0.4, 0.5) is 14.5 Å². The Morgan fingerprint density at radius 2 is 1.80 bits per heavy atom. The maximum absolute atomic E-state index is 14.6. The fourth-order valence-corrected chi connectivity index (χ4v) is 4.21. The number of halogens is 2. The Bertz CT molecular complexity index is 1640. The second-order valence-electron chi connectivity index (χ2n) is 7.24. The molecule has 5 aromatic rings. The Hall–Kier alpha value is -4.45. The Morgan fingerprint density at radius 3 is 2.54 bits per heavy atom. The largest absolute Gasteiger partial charge is 0.420 e. The van der Waals surface area contributed by atoms with E-state index in [1.165, 1.54) is 30.3 Å². The monoisotopic (exact) mass is 493 g/mol. The zero-order chi connectivity index (χ0) is 24.5. The molecule has 12 heteroatoms. The molecule has 0 bridgehead atoms. The molecular weight excluding hydrogens is 480 g/mol. The summed E-state index contributed by atoms with van der Waals surface area (Å²) in [5.41, 5.74) is 0.178. The van der Waals surface area contributed by atoms with Gasteiger partial charge in [-0.1, -0.05) is 23.9 Å². The number of para-hydroxylation sites is 1. The summed E-state index contributed by atoms with van der Waals surface area (Å²) in [4.78, 5) is 28.0. The number of thioether (sulfide) groups is 1. The minimum atomic E-state index is -0.913. The van der Waals surface area contributed by atoms with Gasteiger partial charge < -0.3 is 4.42 Å². The predicted octanol–water partition coefficient (Wildman–Crippen LogP) is 4.91. The molecule has 0 aliphatic heterocycles. The third-order valence-electron chi connectivity index (χ3n) is 5.01. The van der Waals surface area contributed by atoms with Gasteiger partial charge in [-0.25, -0.2) is 13.8 Å². The van der Waals surface area contributed by atoms with Gasteiger partial charge in [0.25, 0.3) is 11.2 Å². The molecule has 9 nitrogen and oxygen atoms in total. The molecule has 2 aromatic heterocycles. The molecule has 0 spiro atoms. The second-order valence-corrected chi connectivity index (χ2v) is 8.18. The van der Waals surface area contributed by atoms with E-state index in [0.717, 1.165) is 22.4 Å². The van der Waals surface area contributed by atoms with E-state index < -0.39 is 22.1 Å². The van der Waals surface area contributed by atoms with E-state index in [1.54, 1.807) is 24.3 Å². The first kappa shape index (κ1) is 22.3. The minimum Gasteiger partial charge on any atom is -0.420 e. The van der Waals surface area contributed by atoms with Crippen molar-refractivity contribution in [1.82, 2.24) is 19.7 Å². The number of nitro groups is 1. The SMILES string of the molecule is O=c1c2ccccc2nc(SCc2nnc(-c3ccc([N+](=O)[O-])cc3)o2)n1-c1ccc(F)cc1F. The van der Waals surface area contributed by atoms with Gasteiger partial charge >= 0.3 is 0 Å². The number of non-ortho nitro benzene ring substituents is 1. The van der Waals surface area contributed by atoms with Crippen molar-refractivity contribution in [2.24, 2.45) is 0 Å². The first-order chi connectivity index (χ1) is 16.9. The molecular formula is C23H13F2N5O4S. The van der Waals surface area contributed by atoms with Gasteiger partial charge in [0.15, 0.2) is 5.16 Å². The lowest BCUT2D eigenvalue weighted by atomic mass is 10.2. The van der Waals surface area contributed by atoms with Crippen LogP contribution in [0, 0.1) is 21.7 Å². The summed E-state index contributed by atoms with van der Waals surface area (Å²) in [7, 11) is 0. The van der Waals surface area contributed by atoms with E-state index in [2.05, 4.69) is 15.2 Å². The number of hydrogen-bond acceptors (Lipinski definition) is 8. The number of rotatable bonds is 6. The van der Waals surface area contributed by atoms with Crippen LogP contribution in [0.1, 0.15) is 5.89 Å². The van der Waals surface area contributed by atoms with Crippen molar-refractivity contribution in [3.63, 3.8) is 0 Å². The second kappa shape index (κ2) is 9.06. The molecule has 0 saturated carbocycles. The molecule has 0 N–H and O–H groups in total. The standard InChI is InChI=1S/C23H13F2N5O4S/c24-14-7-10-19(17(25)11-14)29-22(31)16-3-1-2-4-18(16)26-23(29)35-12-20-27-28-21(34-20)13-5-8-15(9-6-13)30(32)33/h1-11H,12H2. The van der Waals surface area contributed by atoms with Crippen molar-refractivity contribution in [2.45, 2.75) is 10.9 Å². The van der Waals surface area contributed by atoms with Crippen molar-refractivity contribution >= 4 is 28.4 Å². The van der Waals surface area contributed by atoms with Crippen molar-refractivity contribution in [3.8, 4) is 17.1 Å². The van der Waals surface area contributed by atoms with Gasteiger partial charge in [0.05, 0.1) is 27.3 Å². The predicted molar refractivity (Wildman–Crippen MR) is 123 cm³/mol. The molecule has 35 heavy (non-hydrogen) atoms.